The second-order valence-corrected chi connectivity index (χ2v) is 6.53. The summed E-state index contributed by atoms with van der Waals surface area (Å²) in [6.45, 7) is 1.74. The van der Waals surface area contributed by atoms with Gasteiger partial charge >= 0.3 is 0 Å². The van der Waals surface area contributed by atoms with Crippen molar-refractivity contribution >= 4 is 39.0 Å². The van der Waals surface area contributed by atoms with Gasteiger partial charge in [-0.1, -0.05) is 12.1 Å². The van der Waals surface area contributed by atoms with Crippen molar-refractivity contribution in [2.24, 2.45) is 5.73 Å². The zero-order chi connectivity index (χ0) is 17.1. The van der Waals surface area contributed by atoms with E-state index in [4.69, 9.17) is 11.5 Å². The van der Waals surface area contributed by atoms with Crippen LogP contribution in [-0.2, 0) is 0 Å². The minimum atomic E-state index is -0.387. The number of rotatable bonds is 3. The molecule has 0 bridgehead atoms. The molecule has 2 aromatic rings. The lowest BCUT2D eigenvalue weighted by Gasteiger charge is -2.33. The Morgan fingerprint density at radius 1 is 1.29 bits per heavy atom. The number of piperidine rings is 1. The van der Waals surface area contributed by atoms with Crippen LogP contribution in [0.4, 0.5) is 17.2 Å². The molecule has 126 valence electrons. The Morgan fingerprint density at radius 3 is 2.75 bits per heavy atom. The highest BCUT2D eigenvalue weighted by Gasteiger charge is 2.20. The van der Waals surface area contributed by atoms with E-state index >= 15 is 0 Å². The number of nitrogens with one attached hydrogen (secondary N) is 1. The predicted molar refractivity (Wildman–Crippen MR) is 98.0 cm³/mol. The second-order valence-electron chi connectivity index (χ2n) is 5.72. The molecule has 1 amide bonds. The van der Waals surface area contributed by atoms with Crippen molar-refractivity contribution in [1.82, 2.24) is 9.97 Å². The summed E-state index contributed by atoms with van der Waals surface area (Å²) in [7, 11) is 0. The van der Waals surface area contributed by atoms with E-state index in [2.05, 4.69) is 36.1 Å². The SMILES string of the molecule is Nc1ncc(Br)nc1C(=O)Nc1ccccc1N1CCC(N)CC1. The molecule has 1 aliphatic heterocycles. The molecule has 3 rings (SSSR count). The van der Waals surface area contributed by atoms with Gasteiger partial charge in [-0.05, 0) is 40.9 Å². The van der Waals surface area contributed by atoms with E-state index in [9.17, 15) is 4.79 Å². The molecular weight excluding hydrogens is 372 g/mol. The third-order valence-corrected chi connectivity index (χ3v) is 4.40. The van der Waals surface area contributed by atoms with Gasteiger partial charge in [-0.15, -0.1) is 0 Å². The lowest BCUT2D eigenvalue weighted by molar-refractivity contribution is 0.102. The van der Waals surface area contributed by atoms with E-state index in [-0.39, 0.29) is 23.5 Å². The number of halogens is 1. The number of nitrogens with zero attached hydrogens (tertiary/aromatic N) is 3. The molecule has 0 aliphatic carbocycles. The highest BCUT2D eigenvalue weighted by molar-refractivity contribution is 9.10. The number of anilines is 3. The smallest absolute Gasteiger partial charge is 0.278 e. The molecule has 5 N–H and O–H groups in total. The lowest BCUT2D eigenvalue weighted by atomic mass is 10.0. The van der Waals surface area contributed by atoms with Crippen LogP contribution >= 0.6 is 15.9 Å². The Morgan fingerprint density at radius 2 is 2.00 bits per heavy atom. The van der Waals surface area contributed by atoms with Crippen molar-refractivity contribution in [2.75, 3.05) is 29.0 Å². The maximum atomic E-state index is 12.5. The summed E-state index contributed by atoms with van der Waals surface area (Å²) in [6, 6.07) is 7.93. The van der Waals surface area contributed by atoms with Gasteiger partial charge in [0, 0.05) is 19.1 Å². The van der Waals surface area contributed by atoms with Crippen molar-refractivity contribution < 1.29 is 4.79 Å². The van der Waals surface area contributed by atoms with Gasteiger partial charge < -0.3 is 21.7 Å². The molecule has 1 saturated heterocycles. The summed E-state index contributed by atoms with van der Waals surface area (Å²) in [6.07, 6.45) is 3.33. The van der Waals surface area contributed by atoms with E-state index in [1.807, 2.05) is 24.3 Å². The normalized spacial score (nSPS) is 15.3. The first-order valence-corrected chi connectivity index (χ1v) is 8.53. The molecule has 0 radical (unpaired) electrons. The van der Waals surface area contributed by atoms with Crippen LogP contribution in [0.1, 0.15) is 23.3 Å². The Hall–Kier alpha value is -2.19. The Bertz CT molecular complexity index is 745. The Labute approximate surface area is 148 Å². The molecule has 1 aliphatic rings. The summed E-state index contributed by atoms with van der Waals surface area (Å²) >= 11 is 3.20. The molecule has 2 heterocycles. The molecule has 0 saturated carbocycles. The topological polar surface area (TPSA) is 110 Å². The minimum absolute atomic E-state index is 0.0946. The molecule has 8 heteroatoms. The number of carbonyl (C=O) groups is 1. The maximum Gasteiger partial charge on any atom is 0.278 e. The summed E-state index contributed by atoms with van der Waals surface area (Å²) in [5, 5.41) is 2.89. The summed E-state index contributed by atoms with van der Waals surface area (Å²) in [5.74, 6) is -0.292. The summed E-state index contributed by atoms with van der Waals surface area (Å²) < 4.78 is 0.458. The van der Waals surface area contributed by atoms with Crippen LogP contribution in [0.2, 0.25) is 0 Å². The van der Waals surface area contributed by atoms with Crippen molar-refractivity contribution in [3.8, 4) is 0 Å². The van der Waals surface area contributed by atoms with Gasteiger partial charge in [0.25, 0.3) is 5.91 Å². The van der Waals surface area contributed by atoms with Crippen LogP contribution in [0.3, 0.4) is 0 Å². The third kappa shape index (κ3) is 3.65. The van der Waals surface area contributed by atoms with Gasteiger partial charge in [0.1, 0.15) is 4.60 Å². The lowest BCUT2D eigenvalue weighted by Crippen LogP contribution is -2.40. The number of carbonyl (C=O) groups excluding carboxylic acids is 1. The highest BCUT2D eigenvalue weighted by atomic mass is 79.9. The number of amides is 1. The third-order valence-electron chi connectivity index (χ3n) is 4.02. The van der Waals surface area contributed by atoms with Crippen molar-refractivity contribution in [3.05, 3.63) is 40.8 Å². The monoisotopic (exact) mass is 390 g/mol. The standard InChI is InChI=1S/C16H19BrN6O/c17-13-9-20-15(19)14(22-13)16(24)21-11-3-1-2-4-12(11)23-7-5-10(18)6-8-23/h1-4,9-10H,5-8,18H2,(H2,19,20)(H,21,24). The number of hydrogen-bond donors (Lipinski definition) is 3. The zero-order valence-electron chi connectivity index (χ0n) is 13.1. The van der Waals surface area contributed by atoms with E-state index < -0.39 is 0 Å². The fourth-order valence-corrected chi connectivity index (χ4v) is 3.00. The number of aromatic nitrogens is 2. The van der Waals surface area contributed by atoms with E-state index in [0.717, 1.165) is 37.3 Å². The first-order valence-electron chi connectivity index (χ1n) is 7.73. The van der Waals surface area contributed by atoms with Gasteiger partial charge in [-0.25, -0.2) is 9.97 Å². The van der Waals surface area contributed by atoms with Gasteiger partial charge in [-0.2, -0.15) is 0 Å². The minimum Gasteiger partial charge on any atom is -0.382 e. The molecule has 0 atom stereocenters. The van der Waals surface area contributed by atoms with Crippen LogP contribution in [-0.4, -0.2) is 35.0 Å². The fraction of sp³-hybridized carbons (Fsp3) is 0.312. The molecule has 7 nitrogen and oxygen atoms in total. The quantitative estimate of drug-likeness (QED) is 0.738. The van der Waals surface area contributed by atoms with Crippen LogP contribution in [0, 0.1) is 0 Å². The van der Waals surface area contributed by atoms with Crippen molar-refractivity contribution in [3.63, 3.8) is 0 Å². The van der Waals surface area contributed by atoms with Crippen LogP contribution in [0.15, 0.2) is 35.1 Å². The second kappa shape index (κ2) is 7.14. The molecular formula is C16H19BrN6O. The largest absolute Gasteiger partial charge is 0.382 e. The average molecular weight is 391 g/mol. The number of nitrogen functional groups attached to an aromatic ring is 1. The first kappa shape index (κ1) is 16.7. The van der Waals surface area contributed by atoms with Gasteiger partial charge in [0.15, 0.2) is 11.5 Å². The van der Waals surface area contributed by atoms with E-state index in [0.29, 0.717) is 4.60 Å². The summed E-state index contributed by atoms with van der Waals surface area (Å²) in [5.41, 5.74) is 13.5. The average Bonchev–Trinajstić information content (AvgIpc) is 2.58. The van der Waals surface area contributed by atoms with Crippen molar-refractivity contribution in [2.45, 2.75) is 18.9 Å². The highest BCUT2D eigenvalue weighted by Crippen LogP contribution is 2.28. The Balaban J connectivity index is 1.82. The van der Waals surface area contributed by atoms with Gasteiger partial charge in [-0.3, -0.25) is 4.79 Å². The van der Waals surface area contributed by atoms with Crippen LogP contribution < -0.4 is 21.7 Å². The predicted octanol–water partition coefficient (Wildman–Crippen LogP) is 2.00. The number of para-hydroxylation sites is 2. The van der Waals surface area contributed by atoms with Gasteiger partial charge in [0.05, 0.1) is 17.6 Å². The number of hydrogen-bond acceptors (Lipinski definition) is 6. The van der Waals surface area contributed by atoms with Crippen LogP contribution in [0.5, 0.6) is 0 Å². The molecule has 1 fully saturated rings. The van der Waals surface area contributed by atoms with E-state index in [1.54, 1.807) is 0 Å². The summed E-state index contributed by atoms with van der Waals surface area (Å²) in [4.78, 5) is 22.8. The molecule has 1 aromatic carbocycles. The zero-order valence-corrected chi connectivity index (χ0v) is 14.7. The molecule has 24 heavy (non-hydrogen) atoms. The molecule has 1 aromatic heterocycles. The first-order chi connectivity index (χ1) is 11.5. The Kier molecular flexibility index (Phi) is 4.96. The van der Waals surface area contributed by atoms with Crippen molar-refractivity contribution in [1.29, 1.82) is 0 Å². The number of nitrogens with two attached hydrogens (primary N) is 2. The maximum absolute atomic E-state index is 12.5. The van der Waals surface area contributed by atoms with Gasteiger partial charge in [0.2, 0.25) is 0 Å². The molecule has 0 unspecified atom stereocenters. The number of benzene rings is 1. The fourth-order valence-electron chi connectivity index (χ4n) is 2.72. The molecule has 0 spiro atoms. The van der Waals surface area contributed by atoms with Crippen LogP contribution in [0.25, 0.3) is 0 Å². The van der Waals surface area contributed by atoms with E-state index in [1.165, 1.54) is 6.20 Å².